The van der Waals surface area contributed by atoms with Crippen LogP contribution in [-0.4, -0.2) is 10.9 Å². The maximum absolute atomic E-state index is 10.9. The molecule has 0 saturated heterocycles. The Labute approximate surface area is 81.6 Å². The number of Topliss-reactive ketones (excluding diaryl/α,β-unsaturated/α-hetero) is 1. The zero-order valence-electron chi connectivity index (χ0n) is 7.53. The number of carbonyl (C=O) groups is 1. The second-order valence-electron chi connectivity index (χ2n) is 3.63. The fourth-order valence-corrected chi connectivity index (χ4v) is 1.75. The van der Waals surface area contributed by atoms with E-state index in [2.05, 4.69) is 6.07 Å². The Balaban J connectivity index is 2.35. The predicted molar refractivity (Wildman–Crippen MR) is 49.6 cm³/mol. The molecule has 3 heteroatoms. The third-order valence-electron chi connectivity index (χ3n) is 2.63. The van der Waals surface area contributed by atoms with Gasteiger partial charge in [0, 0.05) is 12.8 Å². The van der Waals surface area contributed by atoms with E-state index in [0.717, 1.165) is 5.56 Å². The molecule has 1 aliphatic carbocycles. The molecule has 1 N–H and O–H groups in total. The summed E-state index contributed by atoms with van der Waals surface area (Å²) in [6.07, 6.45) is 0.600. The van der Waals surface area contributed by atoms with Crippen LogP contribution < -0.4 is 0 Å². The first kappa shape index (κ1) is 8.76. The van der Waals surface area contributed by atoms with Crippen molar-refractivity contribution in [3.8, 4) is 11.8 Å². The van der Waals surface area contributed by atoms with E-state index < -0.39 is 5.41 Å². The number of hydrogen-bond donors (Lipinski definition) is 1. The third kappa shape index (κ3) is 1.16. The lowest BCUT2D eigenvalue weighted by atomic mass is 9.65. The standard InChI is InChI=1S/C11H9NO2/c12-7-11(5-10(14)6-11)8-1-3-9(13)4-2-8/h1-4,13H,5-6H2. The number of nitriles is 1. The van der Waals surface area contributed by atoms with Crippen LogP contribution in [0.15, 0.2) is 24.3 Å². The van der Waals surface area contributed by atoms with Gasteiger partial charge >= 0.3 is 0 Å². The van der Waals surface area contributed by atoms with Crippen LogP contribution in [0.25, 0.3) is 0 Å². The zero-order valence-corrected chi connectivity index (χ0v) is 7.53. The number of benzene rings is 1. The molecule has 0 atom stereocenters. The molecule has 0 heterocycles. The molecule has 1 aliphatic rings. The van der Waals surface area contributed by atoms with Crippen LogP contribution >= 0.6 is 0 Å². The van der Waals surface area contributed by atoms with Gasteiger partial charge in [0.05, 0.1) is 11.5 Å². The van der Waals surface area contributed by atoms with Gasteiger partial charge in [-0.15, -0.1) is 0 Å². The van der Waals surface area contributed by atoms with Crippen LogP contribution in [0.4, 0.5) is 0 Å². The fourth-order valence-electron chi connectivity index (χ4n) is 1.75. The monoisotopic (exact) mass is 187 g/mol. The summed E-state index contributed by atoms with van der Waals surface area (Å²) in [5.41, 5.74) is 0.183. The van der Waals surface area contributed by atoms with Gasteiger partial charge in [-0.05, 0) is 17.7 Å². The molecule has 0 aromatic heterocycles. The molecular weight excluding hydrogens is 178 g/mol. The zero-order chi connectivity index (χ0) is 10.2. The molecule has 0 radical (unpaired) electrons. The smallest absolute Gasteiger partial charge is 0.136 e. The highest BCUT2D eigenvalue weighted by Gasteiger charge is 2.45. The number of nitrogens with zero attached hydrogens (tertiary/aromatic N) is 1. The highest BCUT2D eigenvalue weighted by atomic mass is 16.3. The Morgan fingerprint density at radius 1 is 1.29 bits per heavy atom. The van der Waals surface area contributed by atoms with Gasteiger partial charge in [-0.25, -0.2) is 0 Å². The van der Waals surface area contributed by atoms with Crippen molar-refractivity contribution in [2.75, 3.05) is 0 Å². The summed E-state index contributed by atoms with van der Waals surface area (Å²) in [7, 11) is 0. The Morgan fingerprint density at radius 2 is 1.86 bits per heavy atom. The van der Waals surface area contributed by atoms with Crippen molar-refractivity contribution in [3.63, 3.8) is 0 Å². The molecule has 1 saturated carbocycles. The summed E-state index contributed by atoms with van der Waals surface area (Å²) >= 11 is 0. The maximum atomic E-state index is 10.9. The Bertz CT molecular complexity index is 406. The number of phenols is 1. The van der Waals surface area contributed by atoms with E-state index in [9.17, 15) is 4.79 Å². The van der Waals surface area contributed by atoms with Crippen LogP contribution in [0.5, 0.6) is 5.75 Å². The van der Waals surface area contributed by atoms with Crippen molar-refractivity contribution < 1.29 is 9.90 Å². The molecule has 70 valence electrons. The van der Waals surface area contributed by atoms with Crippen molar-refractivity contribution in [1.82, 2.24) is 0 Å². The molecule has 1 aromatic carbocycles. The normalized spacial score (nSPS) is 18.4. The molecule has 0 aliphatic heterocycles. The minimum Gasteiger partial charge on any atom is -0.508 e. The van der Waals surface area contributed by atoms with E-state index in [0.29, 0.717) is 12.8 Å². The van der Waals surface area contributed by atoms with Gasteiger partial charge in [-0.2, -0.15) is 5.26 Å². The molecular formula is C11H9NO2. The highest BCUT2D eigenvalue weighted by molar-refractivity contribution is 5.90. The molecule has 0 unspecified atom stereocenters. The van der Waals surface area contributed by atoms with Gasteiger partial charge in [-0.1, -0.05) is 12.1 Å². The van der Waals surface area contributed by atoms with Crippen molar-refractivity contribution in [2.45, 2.75) is 18.3 Å². The fraction of sp³-hybridized carbons (Fsp3) is 0.273. The van der Waals surface area contributed by atoms with E-state index in [-0.39, 0.29) is 11.5 Å². The van der Waals surface area contributed by atoms with Crippen molar-refractivity contribution >= 4 is 5.78 Å². The van der Waals surface area contributed by atoms with Crippen molar-refractivity contribution in [1.29, 1.82) is 5.26 Å². The summed E-state index contributed by atoms with van der Waals surface area (Å²) < 4.78 is 0. The summed E-state index contributed by atoms with van der Waals surface area (Å²) in [4.78, 5) is 10.9. The van der Waals surface area contributed by atoms with E-state index in [4.69, 9.17) is 10.4 Å². The van der Waals surface area contributed by atoms with E-state index >= 15 is 0 Å². The lowest BCUT2D eigenvalue weighted by Gasteiger charge is -2.33. The molecule has 14 heavy (non-hydrogen) atoms. The Kier molecular flexibility index (Phi) is 1.78. The summed E-state index contributed by atoms with van der Waals surface area (Å²) in [6, 6.07) is 8.66. The number of aromatic hydroxyl groups is 1. The Hall–Kier alpha value is -1.82. The predicted octanol–water partition coefficient (Wildman–Crippen LogP) is 1.52. The molecule has 1 aromatic rings. The van der Waals surface area contributed by atoms with Crippen molar-refractivity contribution in [3.05, 3.63) is 29.8 Å². The van der Waals surface area contributed by atoms with Crippen LogP contribution in [-0.2, 0) is 10.2 Å². The first-order valence-electron chi connectivity index (χ1n) is 4.39. The SMILES string of the molecule is N#CC1(c2ccc(O)cc2)CC(=O)C1. The highest BCUT2D eigenvalue weighted by Crippen LogP contribution is 2.40. The largest absolute Gasteiger partial charge is 0.508 e. The molecule has 0 amide bonds. The first-order chi connectivity index (χ1) is 6.66. The minimum absolute atomic E-state index is 0.125. The van der Waals surface area contributed by atoms with Crippen LogP contribution in [0.1, 0.15) is 18.4 Å². The van der Waals surface area contributed by atoms with Crippen LogP contribution in [0, 0.1) is 11.3 Å². The first-order valence-corrected chi connectivity index (χ1v) is 4.39. The van der Waals surface area contributed by atoms with Crippen molar-refractivity contribution in [2.24, 2.45) is 0 Å². The molecule has 3 nitrogen and oxygen atoms in total. The Morgan fingerprint density at radius 3 is 2.29 bits per heavy atom. The molecule has 2 rings (SSSR count). The van der Waals surface area contributed by atoms with Gasteiger partial charge < -0.3 is 5.11 Å². The summed E-state index contributed by atoms with van der Waals surface area (Å²) in [5.74, 6) is 0.298. The second kappa shape index (κ2) is 2.85. The third-order valence-corrected chi connectivity index (χ3v) is 2.63. The van der Waals surface area contributed by atoms with Crippen LogP contribution in [0.2, 0.25) is 0 Å². The number of carbonyl (C=O) groups excluding carboxylic acids is 1. The lowest BCUT2D eigenvalue weighted by molar-refractivity contribution is -0.126. The number of hydrogen-bond acceptors (Lipinski definition) is 3. The lowest BCUT2D eigenvalue weighted by Crippen LogP contribution is -2.40. The van der Waals surface area contributed by atoms with Gasteiger partial charge in [0.15, 0.2) is 0 Å². The van der Waals surface area contributed by atoms with E-state index in [1.54, 1.807) is 12.1 Å². The van der Waals surface area contributed by atoms with Gasteiger partial charge in [-0.3, -0.25) is 4.79 Å². The number of ketones is 1. The maximum Gasteiger partial charge on any atom is 0.136 e. The number of rotatable bonds is 1. The average molecular weight is 187 g/mol. The molecule has 0 spiro atoms. The average Bonchev–Trinajstić information content (AvgIpc) is 2.14. The van der Waals surface area contributed by atoms with E-state index in [1.807, 2.05) is 0 Å². The summed E-state index contributed by atoms with van der Waals surface area (Å²) in [6.45, 7) is 0. The minimum atomic E-state index is -0.634. The van der Waals surface area contributed by atoms with E-state index in [1.165, 1.54) is 12.1 Å². The van der Waals surface area contributed by atoms with Crippen LogP contribution in [0.3, 0.4) is 0 Å². The molecule has 1 fully saturated rings. The van der Waals surface area contributed by atoms with Gasteiger partial charge in [0.25, 0.3) is 0 Å². The topological polar surface area (TPSA) is 61.1 Å². The van der Waals surface area contributed by atoms with Gasteiger partial charge in [0.2, 0.25) is 0 Å². The second-order valence-corrected chi connectivity index (χ2v) is 3.63. The summed E-state index contributed by atoms with van der Waals surface area (Å²) in [5, 5.41) is 18.1. The van der Waals surface area contributed by atoms with Gasteiger partial charge in [0.1, 0.15) is 11.5 Å². The quantitative estimate of drug-likeness (QED) is 0.725. The number of phenolic OH excluding ortho intramolecular Hbond substituents is 1. The molecule has 0 bridgehead atoms.